The molecule has 0 atom stereocenters. The highest BCUT2D eigenvalue weighted by Gasteiger charge is 2.28. The first kappa shape index (κ1) is 13.0. The molecule has 1 aliphatic rings. The highest BCUT2D eigenvalue weighted by Crippen LogP contribution is 2.14. The van der Waals surface area contributed by atoms with Gasteiger partial charge in [0, 0.05) is 19.1 Å². The molecular formula is C13H28N2. The Bertz CT molecular complexity index is 153. The van der Waals surface area contributed by atoms with Crippen LogP contribution >= 0.6 is 0 Å². The summed E-state index contributed by atoms with van der Waals surface area (Å²) in [6.07, 6.45) is 7.04. The Balaban J connectivity index is 1.89. The molecule has 90 valence electrons. The lowest BCUT2D eigenvalue weighted by Gasteiger charge is -2.44. The topological polar surface area (TPSA) is 6.48 Å². The van der Waals surface area contributed by atoms with Crippen molar-refractivity contribution in [2.75, 3.05) is 33.2 Å². The van der Waals surface area contributed by atoms with E-state index < -0.39 is 0 Å². The van der Waals surface area contributed by atoms with Crippen LogP contribution in [0, 0.1) is 0 Å². The SMILES string of the molecule is CCCCCCCN1CC(N(C)CC)C1. The highest BCUT2D eigenvalue weighted by molar-refractivity contribution is 4.85. The van der Waals surface area contributed by atoms with Crippen LogP contribution in [0.1, 0.15) is 46.0 Å². The first-order valence-corrected chi connectivity index (χ1v) is 6.70. The zero-order valence-corrected chi connectivity index (χ0v) is 10.8. The zero-order chi connectivity index (χ0) is 11.1. The lowest BCUT2D eigenvalue weighted by Crippen LogP contribution is -2.58. The van der Waals surface area contributed by atoms with Gasteiger partial charge in [0.15, 0.2) is 0 Å². The molecule has 0 amide bonds. The molecule has 1 saturated heterocycles. The Hall–Kier alpha value is -0.0800. The van der Waals surface area contributed by atoms with Crippen LogP contribution in [0.2, 0.25) is 0 Å². The molecule has 0 unspecified atom stereocenters. The van der Waals surface area contributed by atoms with Gasteiger partial charge in [-0.2, -0.15) is 0 Å². The van der Waals surface area contributed by atoms with Crippen LogP contribution in [-0.2, 0) is 0 Å². The van der Waals surface area contributed by atoms with Crippen molar-refractivity contribution in [2.45, 2.75) is 52.0 Å². The van der Waals surface area contributed by atoms with Gasteiger partial charge < -0.3 is 9.80 Å². The third kappa shape index (κ3) is 4.52. The summed E-state index contributed by atoms with van der Waals surface area (Å²) in [7, 11) is 2.24. The van der Waals surface area contributed by atoms with Gasteiger partial charge in [-0.1, -0.05) is 39.5 Å². The largest absolute Gasteiger partial charge is 0.301 e. The molecule has 1 fully saturated rings. The van der Waals surface area contributed by atoms with Crippen LogP contribution in [0.4, 0.5) is 0 Å². The Morgan fingerprint density at radius 3 is 2.33 bits per heavy atom. The maximum absolute atomic E-state index is 2.60. The summed E-state index contributed by atoms with van der Waals surface area (Å²) >= 11 is 0. The number of unbranched alkanes of at least 4 members (excludes halogenated alkanes) is 4. The van der Waals surface area contributed by atoms with Gasteiger partial charge in [0.2, 0.25) is 0 Å². The number of hydrogen-bond donors (Lipinski definition) is 0. The molecule has 0 aliphatic carbocycles. The minimum Gasteiger partial charge on any atom is -0.301 e. The summed E-state index contributed by atoms with van der Waals surface area (Å²) in [6, 6.07) is 0.839. The number of likely N-dealkylation sites (N-methyl/N-ethyl adjacent to an activating group) is 1. The summed E-state index contributed by atoms with van der Waals surface area (Å²) in [5, 5.41) is 0. The van der Waals surface area contributed by atoms with Gasteiger partial charge in [0.1, 0.15) is 0 Å². The van der Waals surface area contributed by atoms with E-state index in [4.69, 9.17) is 0 Å². The fraction of sp³-hybridized carbons (Fsp3) is 1.00. The molecule has 1 aliphatic heterocycles. The van der Waals surface area contributed by atoms with E-state index in [1.165, 1.54) is 58.3 Å². The van der Waals surface area contributed by atoms with Gasteiger partial charge in [-0.05, 0) is 26.6 Å². The summed E-state index contributed by atoms with van der Waals surface area (Å²) in [4.78, 5) is 5.07. The molecular weight excluding hydrogens is 184 g/mol. The van der Waals surface area contributed by atoms with Crippen molar-refractivity contribution in [3.8, 4) is 0 Å². The molecule has 1 heterocycles. The first-order valence-electron chi connectivity index (χ1n) is 6.70. The van der Waals surface area contributed by atoms with E-state index in [-0.39, 0.29) is 0 Å². The van der Waals surface area contributed by atoms with E-state index in [2.05, 4.69) is 30.7 Å². The van der Waals surface area contributed by atoms with Crippen molar-refractivity contribution in [1.29, 1.82) is 0 Å². The summed E-state index contributed by atoms with van der Waals surface area (Å²) in [5.41, 5.74) is 0. The number of nitrogens with zero attached hydrogens (tertiary/aromatic N) is 2. The molecule has 0 saturated carbocycles. The van der Waals surface area contributed by atoms with E-state index >= 15 is 0 Å². The minimum absolute atomic E-state index is 0.839. The van der Waals surface area contributed by atoms with Crippen LogP contribution in [0.3, 0.4) is 0 Å². The van der Waals surface area contributed by atoms with Crippen LogP contribution < -0.4 is 0 Å². The summed E-state index contributed by atoms with van der Waals surface area (Å²) in [5.74, 6) is 0. The fourth-order valence-electron chi connectivity index (χ4n) is 2.20. The van der Waals surface area contributed by atoms with Crippen molar-refractivity contribution in [1.82, 2.24) is 9.80 Å². The summed E-state index contributed by atoms with van der Waals surface area (Å²) < 4.78 is 0. The normalized spacial score (nSPS) is 18.4. The highest BCUT2D eigenvalue weighted by atomic mass is 15.3. The van der Waals surface area contributed by atoms with Gasteiger partial charge >= 0.3 is 0 Å². The van der Waals surface area contributed by atoms with E-state index in [0.717, 1.165) is 6.04 Å². The predicted octanol–water partition coefficient (Wildman–Crippen LogP) is 2.59. The second kappa shape index (κ2) is 7.24. The maximum Gasteiger partial charge on any atom is 0.0347 e. The van der Waals surface area contributed by atoms with E-state index in [0.29, 0.717) is 0 Å². The number of hydrogen-bond acceptors (Lipinski definition) is 2. The van der Waals surface area contributed by atoms with Crippen molar-refractivity contribution in [3.63, 3.8) is 0 Å². The quantitative estimate of drug-likeness (QED) is 0.571. The van der Waals surface area contributed by atoms with Gasteiger partial charge in [-0.25, -0.2) is 0 Å². The Morgan fingerprint density at radius 1 is 1.07 bits per heavy atom. The molecule has 0 aromatic heterocycles. The van der Waals surface area contributed by atoms with E-state index in [9.17, 15) is 0 Å². The minimum atomic E-state index is 0.839. The zero-order valence-electron chi connectivity index (χ0n) is 10.8. The predicted molar refractivity (Wildman–Crippen MR) is 67.3 cm³/mol. The molecule has 0 aromatic rings. The second-order valence-electron chi connectivity index (χ2n) is 4.90. The van der Waals surface area contributed by atoms with E-state index in [1.54, 1.807) is 0 Å². The average Bonchev–Trinajstić information content (AvgIpc) is 2.19. The molecule has 2 nitrogen and oxygen atoms in total. The number of rotatable bonds is 8. The Morgan fingerprint density at radius 2 is 1.73 bits per heavy atom. The Kier molecular flexibility index (Phi) is 6.26. The van der Waals surface area contributed by atoms with Crippen LogP contribution in [0.25, 0.3) is 0 Å². The fourth-order valence-corrected chi connectivity index (χ4v) is 2.20. The third-order valence-corrected chi connectivity index (χ3v) is 3.64. The first-order chi connectivity index (χ1) is 7.27. The van der Waals surface area contributed by atoms with Gasteiger partial charge in [-0.3, -0.25) is 0 Å². The van der Waals surface area contributed by atoms with Gasteiger partial charge in [-0.15, -0.1) is 0 Å². The van der Waals surface area contributed by atoms with Crippen molar-refractivity contribution in [3.05, 3.63) is 0 Å². The molecule has 0 radical (unpaired) electrons. The van der Waals surface area contributed by atoms with Crippen molar-refractivity contribution < 1.29 is 0 Å². The van der Waals surface area contributed by atoms with Gasteiger partial charge in [0.05, 0.1) is 0 Å². The van der Waals surface area contributed by atoms with Crippen LogP contribution in [0.5, 0.6) is 0 Å². The molecule has 0 bridgehead atoms. The molecule has 0 aromatic carbocycles. The molecule has 15 heavy (non-hydrogen) atoms. The third-order valence-electron chi connectivity index (χ3n) is 3.64. The molecule has 1 rings (SSSR count). The van der Waals surface area contributed by atoms with Crippen molar-refractivity contribution >= 4 is 0 Å². The van der Waals surface area contributed by atoms with Crippen LogP contribution in [0.15, 0.2) is 0 Å². The monoisotopic (exact) mass is 212 g/mol. The van der Waals surface area contributed by atoms with E-state index in [1.807, 2.05) is 0 Å². The standard InChI is InChI=1S/C13H28N2/c1-4-6-7-8-9-10-15-11-13(12-15)14(3)5-2/h13H,4-12H2,1-3H3. The maximum atomic E-state index is 2.60. The lowest BCUT2D eigenvalue weighted by molar-refractivity contribution is 0.0511. The smallest absolute Gasteiger partial charge is 0.0347 e. The summed E-state index contributed by atoms with van der Waals surface area (Å²) in [6.45, 7) is 9.65. The van der Waals surface area contributed by atoms with Crippen molar-refractivity contribution in [2.24, 2.45) is 0 Å². The Labute approximate surface area is 95.6 Å². The molecule has 0 N–H and O–H groups in total. The second-order valence-corrected chi connectivity index (χ2v) is 4.90. The van der Waals surface area contributed by atoms with Gasteiger partial charge in [0.25, 0.3) is 0 Å². The lowest BCUT2D eigenvalue weighted by atomic mass is 10.1. The van der Waals surface area contributed by atoms with Crippen LogP contribution in [-0.4, -0.2) is 49.1 Å². The molecule has 0 spiro atoms. The average molecular weight is 212 g/mol. The molecule has 2 heteroatoms. The number of likely N-dealkylation sites (tertiary alicyclic amines) is 1.